The van der Waals surface area contributed by atoms with E-state index < -0.39 is 0 Å². The molecular formula is C23H34N4O3. The van der Waals surface area contributed by atoms with Gasteiger partial charge in [-0.15, -0.1) is 0 Å². The topological polar surface area (TPSA) is 77.0 Å². The lowest BCUT2D eigenvalue weighted by Gasteiger charge is -2.20. The highest BCUT2D eigenvalue weighted by Crippen LogP contribution is 2.30. The van der Waals surface area contributed by atoms with E-state index in [0.29, 0.717) is 31.6 Å². The molecule has 1 unspecified atom stereocenters. The van der Waals surface area contributed by atoms with Gasteiger partial charge in [-0.25, -0.2) is 4.98 Å². The van der Waals surface area contributed by atoms with Crippen molar-refractivity contribution in [1.29, 1.82) is 0 Å². The largest absolute Gasteiger partial charge is 0.490 e. The second kappa shape index (κ2) is 11.9. The summed E-state index contributed by atoms with van der Waals surface area (Å²) < 4.78 is 17.0. The lowest BCUT2D eigenvalue weighted by atomic mass is 10.1. The molecule has 0 amide bonds. The molecule has 0 aliphatic heterocycles. The maximum Gasteiger partial charge on any atom is 0.213 e. The molecule has 7 heteroatoms. The number of pyridine rings is 1. The molecule has 1 aromatic carbocycles. The molecule has 0 saturated heterocycles. The highest BCUT2D eigenvalue weighted by atomic mass is 16.5. The van der Waals surface area contributed by atoms with Crippen molar-refractivity contribution in [3.63, 3.8) is 0 Å². The molecule has 2 aromatic rings. The van der Waals surface area contributed by atoms with E-state index in [9.17, 15) is 0 Å². The predicted octanol–water partition coefficient (Wildman–Crippen LogP) is 4.09. The Balaban J connectivity index is 1.97. The van der Waals surface area contributed by atoms with Crippen LogP contribution in [0.25, 0.3) is 0 Å². The van der Waals surface area contributed by atoms with Gasteiger partial charge >= 0.3 is 0 Å². The van der Waals surface area contributed by atoms with E-state index in [-0.39, 0.29) is 12.1 Å². The lowest BCUT2D eigenvalue weighted by molar-refractivity contribution is 0.232. The molecule has 164 valence electrons. The maximum absolute atomic E-state index is 5.73. The summed E-state index contributed by atoms with van der Waals surface area (Å²) in [5, 5.41) is 6.73. The van der Waals surface area contributed by atoms with Crippen LogP contribution in [0, 0.1) is 0 Å². The standard InChI is InChI=1S/C23H34N4O3/c1-7-28-20-11-10-19(13-21(20)29-8-2)17(5)27-23(24-6)26-15-18-9-12-22(25-14-18)30-16(3)4/h9-14,16-17H,7-8,15H2,1-6H3,(H2,24,26,27). The summed E-state index contributed by atoms with van der Waals surface area (Å²) in [6.07, 6.45) is 1.92. The van der Waals surface area contributed by atoms with Gasteiger partial charge in [-0.05, 0) is 57.9 Å². The van der Waals surface area contributed by atoms with Crippen molar-refractivity contribution in [2.75, 3.05) is 20.3 Å². The van der Waals surface area contributed by atoms with Gasteiger partial charge in [0.2, 0.25) is 5.88 Å². The Bertz CT molecular complexity index is 807. The fourth-order valence-corrected chi connectivity index (χ4v) is 2.83. The number of hydrogen-bond donors (Lipinski definition) is 2. The van der Waals surface area contributed by atoms with Crippen molar-refractivity contribution in [2.24, 2.45) is 4.99 Å². The van der Waals surface area contributed by atoms with Crippen molar-refractivity contribution in [3.8, 4) is 17.4 Å². The van der Waals surface area contributed by atoms with Crippen LogP contribution in [0.3, 0.4) is 0 Å². The second-order valence-electron chi connectivity index (χ2n) is 7.04. The van der Waals surface area contributed by atoms with Crippen LogP contribution in [0.1, 0.15) is 51.8 Å². The molecule has 2 rings (SSSR count). The Labute approximate surface area is 179 Å². The summed E-state index contributed by atoms with van der Waals surface area (Å²) in [7, 11) is 1.75. The van der Waals surface area contributed by atoms with Crippen molar-refractivity contribution in [1.82, 2.24) is 15.6 Å². The number of benzene rings is 1. The van der Waals surface area contributed by atoms with Crippen LogP contribution < -0.4 is 24.8 Å². The number of nitrogens with zero attached hydrogens (tertiary/aromatic N) is 2. The maximum atomic E-state index is 5.73. The summed E-state index contributed by atoms with van der Waals surface area (Å²) in [4.78, 5) is 8.66. The Morgan fingerprint density at radius 3 is 2.37 bits per heavy atom. The van der Waals surface area contributed by atoms with E-state index in [4.69, 9.17) is 14.2 Å². The molecule has 2 N–H and O–H groups in total. The first-order valence-corrected chi connectivity index (χ1v) is 10.4. The third-order valence-corrected chi connectivity index (χ3v) is 4.26. The molecule has 1 aromatic heterocycles. The first kappa shape index (κ1) is 23.3. The van der Waals surface area contributed by atoms with Gasteiger partial charge in [0.1, 0.15) is 0 Å². The molecule has 7 nitrogen and oxygen atoms in total. The molecule has 30 heavy (non-hydrogen) atoms. The van der Waals surface area contributed by atoms with Crippen LogP contribution in [0.2, 0.25) is 0 Å². The van der Waals surface area contributed by atoms with Crippen LogP contribution in [0.4, 0.5) is 0 Å². The van der Waals surface area contributed by atoms with Crippen molar-refractivity contribution in [3.05, 3.63) is 47.7 Å². The number of aromatic nitrogens is 1. The normalized spacial score (nSPS) is 12.4. The van der Waals surface area contributed by atoms with E-state index in [0.717, 1.165) is 22.6 Å². The Kier molecular flexibility index (Phi) is 9.25. The molecule has 1 heterocycles. The van der Waals surface area contributed by atoms with E-state index >= 15 is 0 Å². The zero-order valence-corrected chi connectivity index (χ0v) is 18.9. The van der Waals surface area contributed by atoms with Gasteiger partial charge in [0.25, 0.3) is 0 Å². The minimum absolute atomic E-state index is 0.0334. The number of guanidine groups is 1. The first-order valence-electron chi connectivity index (χ1n) is 10.4. The fourth-order valence-electron chi connectivity index (χ4n) is 2.83. The number of hydrogen-bond acceptors (Lipinski definition) is 5. The summed E-state index contributed by atoms with van der Waals surface area (Å²) in [5.74, 6) is 2.85. The van der Waals surface area contributed by atoms with Crippen LogP contribution in [0.15, 0.2) is 41.5 Å². The van der Waals surface area contributed by atoms with E-state index in [1.807, 2.05) is 64.2 Å². The molecule has 0 aliphatic carbocycles. The number of aliphatic imine (C=N–C) groups is 1. The lowest BCUT2D eigenvalue weighted by Crippen LogP contribution is -2.38. The van der Waals surface area contributed by atoms with Crippen molar-refractivity contribution in [2.45, 2.75) is 53.3 Å². The zero-order chi connectivity index (χ0) is 21.9. The number of rotatable bonds is 10. The van der Waals surface area contributed by atoms with Gasteiger partial charge in [0.05, 0.1) is 25.4 Å². The van der Waals surface area contributed by atoms with Crippen molar-refractivity contribution < 1.29 is 14.2 Å². The zero-order valence-electron chi connectivity index (χ0n) is 18.9. The van der Waals surface area contributed by atoms with Gasteiger partial charge < -0.3 is 24.8 Å². The average molecular weight is 415 g/mol. The molecule has 0 radical (unpaired) electrons. The smallest absolute Gasteiger partial charge is 0.213 e. The van der Waals surface area contributed by atoms with Crippen LogP contribution in [-0.2, 0) is 6.54 Å². The third kappa shape index (κ3) is 7.13. The van der Waals surface area contributed by atoms with Crippen LogP contribution >= 0.6 is 0 Å². The van der Waals surface area contributed by atoms with Gasteiger partial charge in [-0.3, -0.25) is 4.99 Å². The fraction of sp³-hybridized carbons (Fsp3) is 0.478. The van der Waals surface area contributed by atoms with Gasteiger partial charge in [-0.2, -0.15) is 0 Å². The molecule has 0 bridgehead atoms. The van der Waals surface area contributed by atoms with Gasteiger partial charge in [0.15, 0.2) is 17.5 Å². The Hall–Kier alpha value is -2.96. The van der Waals surface area contributed by atoms with Gasteiger partial charge in [0, 0.05) is 25.9 Å². The highest BCUT2D eigenvalue weighted by molar-refractivity contribution is 5.80. The minimum atomic E-state index is 0.0334. The van der Waals surface area contributed by atoms with Crippen LogP contribution in [0.5, 0.6) is 17.4 Å². The average Bonchev–Trinajstić information content (AvgIpc) is 2.73. The number of nitrogens with one attached hydrogen (secondary N) is 2. The molecule has 0 fully saturated rings. The van der Waals surface area contributed by atoms with E-state index in [1.54, 1.807) is 7.05 Å². The highest BCUT2D eigenvalue weighted by Gasteiger charge is 2.12. The summed E-state index contributed by atoms with van der Waals surface area (Å²) in [6.45, 7) is 11.8. The monoisotopic (exact) mass is 414 g/mol. The summed E-state index contributed by atoms with van der Waals surface area (Å²) >= 11 is 0. The molecule has 0 aliphatic rings. The van der Waals surface area contributed by atoms with Crippen molar-refractivity contribution >= 4 is 5.96 Å². The molecule has 1 atom stereocenters. The van der Waals surface area contributed by atoms with E-state index in [2.05, 4.69) is 27.5 Å². The molecule has 0 saturated carbocycles. The Morgan fingerprint density at radius 1 is 1.03 bits per heavy atom. The predicted molar refractivity (Wildman–Crippen MR) is 121 cm³/mol. The minimum Gasteiger partial charge on any atom is -0.490 e. The molecular weight excluding hydrogens is 380 g/mol. The van der Waals surface area contributed by atoms with Crippen LogP contribution in [-0.4, -0.2) is 37.3 Å². The quantitative estimate of drug-likeness (QED) is 0.450. The van der Waals surface area contributed by atoms with Gasteiger partial charge in [-0.1, -0.05) is 12.1 Å². The first-order chi connectivity index (χ1) is 14.5. The third-order valence-electron chi connectivity index (χ3n) is 4.26. The SMILES string of the molecule is CCOc1ccc(C(C)NC(=NC)NCc2ccc(OC(C)C)nc2)cc1OCC. The number of ether oxygens (including phenoxy) is 3. The summed E-state index contributed by atoms with van der Waals surface area (Å²) in [6, 6.07) is 9.91. The Morgan fingerprint density at radius 2 is 1.77 bits per heavy atom. The second-order valence-corrected chi connectivity index (χ2v) is 7.04. The van der Waals surface area contributed by atoms with E-state index in [1.165, 1.54) is 0 Å². The summed E-state index contributed by atoms with van der Waals surface area (Å²) in [5.41, 5.74) is 2.13. The molecule has 0 spiro atoms.